The van der Waals surface area contributed by atoms with E-state index in [9.17, 15) is 4.79 Å². The van der Waals surface area contributed by atoms with Gasteiger partial charge in [-0.15, -0.1) is 11.3 Å². The molecular formula is C15H14ClNO3S. The van der Waals surface area contributed by atoms with E-state index in [1.54, 1.807) is 44.7 Å². The molecule has 1 N–H and O–H groups in total. The standard InChI is InChI=1S/C15H14ClNO3S/c1-19-12-4-3-10(9-13(12)20-2)17-8-7-11(18)14-5-6-15(16)21-14/h3-9,17H,1-2H3. The van der Waals surface area contributed by atoms with Crippen molar-refractivity contribution < 1.29 is 14.3 Å². The molecule has 110 valence electrons. The van der Waals surface area contributed by atoms with Crippen molar-refractivity contribution in [3.63, 3.8) is 0 Å². The van der Waals surface area contributed by atoms with Crippen LogP contribution in [0.1, 0.15) is 9.67 Å². The number of rotatable bonds is 6. The normalized spacial score (nSPS) is 10.6. The van der Waals surface area contributed by atoms with Crippen LogP contribution in [0, 0.1) is 0 Å². The molecule has 0 saturated heterocycles. The Morgan fingerprint density at radius 1 is 1.19 bits per heavy atom. The fraction of sp³-hybridized carbons (Fsp3) is 0.133. The number of nitrogens with one attached hydrogen (secondary N) is 1. The van der Waals surface area contributed by atoms with Crippen molar-refractivity contribution in [2.45, 2.75) is 0 Å². The first-order valence-electron chi connectivity index (χ1n) is 6.09. The van der Waals surface area contributed by atoms with Gasteiger partial charge in [0.2, 0.25) is 0 Å². The second kappa shape index (κ2) is 7.15. The van der Waals surface area contributed by atoms with Gasteiger partial charge in [0.25, 0.3) is 0 Å². The second-order valence-electron chi connectivity index (χ2n) is 4.02. The van der Waals surface area contributed by atoms with E-state index in [-0.39, 0.29) is 5.78 Å². The number of carbonyl (C=O) groups is 1. The zero-order chi connectivity index (χ0) is 15.2. The van der Waals surface area contributed by atoms with E-state index in [1.165, 1.54) is 17.4 Å². The van der Waals surface area contributed by atoms with Crippen LogP contribution in [0.2, 0.25) is 4.34 Å². The van der Waals surface area contributed by atoms with Gasteiger partial charge in [-0.1, -0.05) is 11.6 Å². The van der Waals surface area contributed by atoms with Crippen LogP contribution in [0.15, 0.2) is 42.6 Å². The molecule has 0 aliphatic carbocycles. The zero-order valence-corrected chi connectivity index (χ0v) is 13.1. The molecule has 0 aliphatic heterocycles. The van der Waals surface area contributed by atoms with Crippen LogP contribution >= 0.6 is 22.9 Å². The number of benzene rings is 1. The summed E-state index contributed by atoms with van der Waals surface area (Å²) in [5.74, 6) is 1.17. The van der Waals surface area contributed by atoms with E-state index in [0.717, 1.165) is 5.69 Å². The minimum atomic E-state index is -0.0973. The average molecular weight is 324 g/mol. The molecule has 2 rings (SSSR count). The van der Waals surface area contributed by atoms with E-state index in [1.807, 2.05) is 6.07 Å². The number of carbonyl (C=O) groups excluding carboxylic acids is 1. The number of hydrogen-bond donors (Lipinski definition) is 1. The molecule has 0 radical (unpaired) electrons. The van der Waals surface area contributed by atoms with Crippen molar-refractivity contribution in [1.82, 2.24) is 0 Å². The molecule has 21 heavy (non-hydrogen) atoms. The van der Waals surface area contributed by atoms with E-state index >= 15 is 0 Å². The van der Waals surface area contributed by atoms with Gasteiger partial charge in [-0.3, -0.25) is 4.79 Å². The number of methoxy groups -OCH3 is 2. The summed E-state index contributed by atoms with van der Waals surface area (Å²) in [6.45, 7) is 0. The van der Waals surface area contributed by atoms with Gasteiger partial charge >= 0.3 is 0 Å². The zero-order valence-electron chi connectivity index (χ0n) is 11.6. The second-order valence-corrected chi connectivity index (χ2v) is 5.73. The maximum absolute atomic E-state index is 11.9. The van der Waals surface area contributed by atoms with E-state index in [2.05, 4.69) is 5.32 Å². The summed E-state index contributed by atoms with van der Waals surface area (Å²) in [4.78, 5) is 12.5. The largest absolute Gasteiger partial charge is 0.493 e. The van der Waals surface area contributed by atoms with Gasteiger partial charge in [0.1, 0.15) is 0 Å². The molecule has 0 unspecified atom stereocenters. The molecule has 1 heterocycles. The van der Waals surface area contributed by atoms with E-state index in [4.69, 9.17) is 21.1 Å². The number of ketones is 1. The van der Waals surface area contributed by atoms with Crippen LogP contribution in [0.25, 0.3) is 0 Å². The van der Waals surface area contributed by atoms with Crippen molar-refractivity contribution in [2.75, 3.05) is 19.5 Å². The Hall–Kier alpha value is -1.98. The highest BCUT2D eigenvalue weighted by molar-refractivity contribution is 7.18. The third kappa shape index (κ3) is 4.00. The van der Waals surface area contributed by atoms with Gasteiger partial charge in [-0.2, -0.15) is 0 Å². The Labute approximate surface area is 132 Å². The van der Waals surface area contributed by atoms with Crippen molar-refractivity contribution in [3.05, 3.63) is 51.8 Å². The first-order chi connectivity index (χ1) is 10.1. The maximum atomic E-state index is 11.9. The fourth-order valence-corrected chi connectivity index (χ4v) is 2.63. The Morgan fingerprint density at radius 2 is 1.95 bits per heavy atom. The third-order valence-corrected chi connectivity index (χ3v) is 3.93. The Balaban J connectivity index is 2.02. The summed E-state index contributed by atoms with van der Waals surface area (Å²) in [7, 11) is 3.15. The molecule has 0 aliphatic rings. The van der Waals surface area contributed by atoms with Crippen LogP contribution in [0.4, 0.5) is 5.69 Å². The third-order valence-electron chi connectivity index (χ3n) is 2.68. The first kappa shape index (κ1) is 15.4. The fourth-order valence-electron chi connectivity index (χ4n) is 1.67. The van der Waals surface area contributed by atoms with Gasteiger partial charge in [0.15, 0.2) is 17.3 Å². The molecule has 0 atom stereocenters. The molecule has 0 saturated carbocycles. The highest BCUT2D eigenvalue weighted by atomic mass is 35.5. The van der Waals surface area contributed by atoms with Gasteiger partial charge in [-0.05, 0) is 24.3 Å². The Bertz CT molecular complexity index is 667. The molecule has 0 spiro atoms. The van der Waals surface area contributed by atoms with E-state index in [0.29, 0.717) is 20.7 Å². The number of anilines is 1. The van der Waals surface area contributed by atoms with Gasteiger partial charge in [0, 0.05) is 24.0 Å². The Morgan fingerprint density at radius 3 is 2.57 bits per heavy atom. The molecule has 0 fully saturated rings. The summed E-state index contributed by atoms with van der Waals surface area (Å²) in [6.07, 6.45) is 3.04. The van der Waals surface area contributed by atoms with Crippen molar-refractivity contribution in [3.8, 4) is 11.5 Å². The lowest BCUT2D eigenvalue weighted by Gasteiger charge is -2.09. The molecule has 4 nitrogen and oxygen atoms in total. The smallest absolute Gasteiger partial charge is 0.197 e. The summed E-state index contributed by atoms with van der Waals surface area (Å²) in [5.41, 5.74) is 0.793. The monoisotopic (exact) mass is 323 g/mol. The van der Waals surface area contributed by atoms with Gasteiger partial charge < -0.3 is 14.8 Å². The number of thiophene rings is 1. The van der Waals surface area contributed by atoms with Crippen LogP contribution in [-0.2, 0) is 0 Å². The van der Waals surface area contributed by atoms with Crippen LogP contribution in [0.5, 0.6) is 11.5 Å². The van der Waals surface area contributed by atoms with Crippen LogP contribution < -0.4 is 14.8 Å². The number of ether oxygens (including phenoxy) is 2. The summed E-state index contributed by atoms with van der Waals surface area (Å²) < 4.78 is 11.0. The predicted molar refractivity (Wildman–Crippen MR) is 86.0 cm³/mol. The minimum absolute atomic E-state index is 0.0973. The van der Waals surface area contributed by atoms with Crippen molar-refractivity contribution in [1.29, 1.82) is 0 Å². The molecule has 1 aromatic heterocycles. The van der Waals surface area contributed by atoms with Gasteiger partial charge in [0.05, 0.1) is 23.4 Å². The van der Waals surface area contributed by atoms with Crippen LogP contribution in [-0.4, -0.2) is 20.0 Å². The SMILES string of the molecule is COc1ccc(NC=CC(=O)c2ccc(Cl)s2)cc1OC. The summed E-state index contributed by atoms with van der Waals surface area (Å²) in [6, 6.07) is 8.81. The van der Waals surface area contributed by atoms with Crippen LogP contribution in [0.3, 0.4) is 0 Å². The number of allylic oxidation sites excluding steroid dienone is 1. The molecule has 0 bridgehead atoms. The quantitative estimate of drug-likeness (QED) is 0.638. The lowest BCUT2D eigenvalue weighted by atomic mass is 10.2. The molecule has 1 aromatic carbocycles. The topological polar surface area (TPSA) is 47.6 Å². The summed E-state index contributed by atoms with van der Waals surface area (Å²) in [5, 5.41) is 3.01. The maximum Gasteiger partial charge on any atom is 0.197 e. The lowest BCUT2D eigenvalue weighted by Crippen LogP contribution is -1.95. The molecule has 6 heteroatoms. The number of halogens is 1. The summed E-state index contributed by atoms with van der Waals surface area (Å²) >= 11 is 7.05. The molecule has 2 aromatic rings. The predicted octanol–water partition coefficient (Wildman–Crippen LogP) is 4.23. The average Bonchev–Trinajstić information content (AvgIpc) is 2.93. The Kier molecular flexibility index (Phi) is 5.25. The minimum Gasteiger partial charge on any atom is -0.493 e. The molecule has 0 amide bonds. The van der Waals surface area contributed by atoms with Crippen molar-refractivity contribution in [2.24, 2.45) is 0 Å². The van der Waals surface area contributed by atoms with E-state index < -0.39 is 0 Å². The first-order valence-corrected chi connectivity index (χ1v) is 7.28. The highest BCUT2D eigenvalue weighted by Crippen LogP contribution is 2.29. The number of hydrogen-bond acceptors (Lipinski definition) is 5. The highest BCUT2D eigenvalue weighted by Gasteiger charge is 2.05. The molecular weight excluding hydrogens is 310 g/mol. The lowest BCUT2D eigenvalue weighted by molar-refractivity contribution is 0.105. The van der Waals surface area contributed by atoms with Gasteiger partial charge in [-0.25, -0.2) is 0 Å². The van der Waals surface area contributed by atoms with Crippen molar-refractivity contribution >= 4 is 34.4 Å².